The molecule has 1 saturated heterocycles. The van der Waals surface area contributed by atoms with Crippen molar-refractivity contribution in [3.63, 3.8) is 0 Å². The highest BCUT2D eigenvalue weighted by Crippen LogP contribution is 2.17. The molecule has 2 heterocycles. The maximum atomic E-state index is 12.4. The lowest BCUT2D eigenvalue weighted by Crippen LogP contribution is -2.27. The first kappa shape index (κ1) is 17.1. The lowest BCUT2D eigenvalue weighted by molar-refractivity contribution is 0.0793. The first-order chi connectivity index (χ1) is 12.3. The molecular formula is C19H23N3O3. The van der Waals surface area contributed by atoms with E-state index in [0.717, 1.165) is 37.4 Å². The topological polar surface area (TPSA) is 63.7 Å². The zero-order valence-corrected chi connectivity index (χ0v) is 14.4. The molecule has 0 spiro atoms. The molecule has 6 nitrogen and oxygen atoms in total. The van der Waals surface area contributed by atoms with E-state index in [-0.39, 0.29) is 5.91 Å². The SMILES string of the molecule is COc1ccc(OCCNc2cc(C(=O)N3CCCC3)ccn2)cc1. The molecule has 0 unspecified atom stereocenters. The van der Waals surface area contributed by atoms with Crippen LogP contribution in [-0.2, 0) is 0 Å². The predicted molar refractivity (Wildman–Crippen MR) is 96.4 cm³/mol. The molecule has 132 valence electrons. The van der Waals surface area contributed by atoms with E-state index in [4.69, 9.17) is 9.47 Å². The first-order valence-electron chi connectivity index (χ1n) is 8.52. The van der Waals surface area contributed by atoms with Crippen molar-refractivity contribution < 1.29 is 14.3 Å². The normalized spacial score (nSPS) is 13.6. The van der Waals surface area contributed by atoms with Crippen molar-refractivity contribution in [1.82, 2.24) is 9.88 Å². The molecule has 1 amide bonds. The van der Waals surface area contributed by atoms with Crippen LogP contribution >= 0.6 is 0 Å². The molecule has 6 heteroatoms. The average molecular weight is 341 g/mol. The molecule has 1 aromatic carbocycles. The predicted octanol–water partition coefficient (Wildman–Crippen LogP) is 2.82. The number of amides is 1. The van der Waals surface area contributed by atoms with Gasteiger partial charge in [0, 0.05) is 24.8 Å². The minimum atomic E-state index is 0.0810. The van der Waals surface area contributed by atoms with Gasteiger partial charge < -0.3 is 19.7 Å². The van der Waals surface area contributed by atoms with Crippen molar-refractivity contribution in [3.05, 3.63) is 48.2 Å². The van der Waals surface area contributed by atoms with Crippen LogP contribution in [-0.4, -0.2) is 49.1 Å². The number of nitrogens with zero attached hydrogens (tertiary/aromatic N) is 2. The van der Waals surface area contributed by atoms with Crippen LogP contribution in [0.1, 0.15) is 23.2 Å². The molecule has 1 aliphatic rings. The number of methoxy groups -OCH3 is 1. The summed E-state index contributed by atoms with van der Waals surface area (Å²) in [5.41, 5.74) is 0.676. The Labute approximate surface area is 147 Å². The Morgan fingerprint density at radius 2 is 1.88 bits per heavy atom. The number of hydrogen-bond acceptors (Lipinski definition) is 5. The highest BCUT2D eigenvalue weighted by Gasteiger charge is 2.19. The second kappa shape index (κ2) is 8.37. The molecule has 1 aromatic heterocycles. The lowest BCUT2D eigenvalue weighted by Gasteiger charge is -2.15. The maximum Gasteiger partial charge on any atom is 0.254 e. The Morgan fingerprint density at radius 3 is 2.60 bits per heavy atom. The molecule has 0 atom stereocenters. The number of hydrogen-bond donors (Lipinski definition) is 1. The van der Waals surface area contributed by atoms with Gasteiger partial charge in [0.1, 0.15) is 23.9 Å². The van der Waals surface area contributed by atoms with Crippen LogP contribution in [0, 0.1) is 0 Å². The van der Waals surface area contributed by atoms with Gasteiger partial charge >= 0.3 is 0 Å². The Hall–Kier alpha value is -2.76. The number of likely N-dealkylation sites (tertiary alicyclic amines) is 1. The molecule has 0 aliphatic carbocycles. The number of ether oxygens (including phenoxy) is 2. The van der Waals surface area contributed by atoms with Crippen molar-refractivity contribution in [2.45, 2.75) is 12.8 Å². The number of nitrogens with one attached hydrogen (secondary N) is 1. The molecule has 0 bridgehead atoms. The van der Waals surface area contributed by atoms with Crippen LogP contribution in [0.5, 0.6) is 11.5 Å². The number of rotatable bonds is 7. The van der Waals surface area contributed by atoms with Gasteiger partial charge in [-0.1, -0.05) is 0 Å². The third kappa shape index (κ3) is 4.62. The van der Waals surface area contributed by atoms with E-state index < -0.39 is 0 Å². The largest absolute Gasteiger partial charge is 0.497 e. The number of anilines is 1. The molecule has 0 saturated carbocycles. The maximum absolute atomic E-state index is 12.4. The summed E-state index contributed by atoms with van der Waals surface area (Å²) in [6, 6.07) is 11.0. The highest BCUT2D eigenvalue weighted by atomic mass is 16.5. The van der Waals surface area contributed by atoms with Crippen LogP contribution in [0.4, 0.5) is 5.82 Å². The molecular weight excluding hydrogens is 318 g/mol. The summed E-state index contributed by atoms with van der Waals surface area (Å²) in [6.07, 6.45) is 3.84. The minimum absolute atomic E-state index is 0.0810. The molecule has 1 N–H and O–H groups in total. The summed E-state index contributed by atoms with van der Waals surface area (Å²) in [4.78, 5) is 18.6. The smallest absolute Gasteiger partial charge is 0.254 e. The van der Waals surface area contributed by atoms with Gasteiger partial charge in [0.15, 0.2) is 0 Å². The number of benzene rings is 1. The van der Waals surface area contributed by atoms with E-state index in [9.17, 15) is 4.79 Å². The van der Waals surface area contributed by atoms with Gasteiger partial charge in [-0.05, 0) is 49.2 Å². The van der Waals surface area contributed by atoms with Crippen LogP contribution in [0.3, 0.4) is 0 Å². The van der Waals surface area contributed by atoms with Crippen LogP contribution < -0.4 is 14.8 Å². The number of carbonyl (C=O) groups excluding carboxylic acids is 1. The third-order valence-electron chi connectivity index (χ3n) is 4.14. The lowest BCUT2D eigenvalue weighted by atomic mass is 10.2. The summed E-state index contributed by atoms with van der Waals surface area (Å²) >= 11 is 0. The van der Waals surface area contributed by atoms with E-state index in [1.807, 2.05) is 29.2 Å². The monoisotopic (exact) mass is 341 g/mol. The summed E-state index contributed by atoms with van der Waals surface area (Å²) in [7, 11) is 1.63. The van der Waals surface area contributed by atoms with Crippen molar-refractivity contribution in [1.29, 1.82) is 0 Å². The molecule has 1 aliphatic heterocycles. The summed E-state index contributed by atoms with van der Waals surface area (Å²) < 4.78 is 10.8. The first-order valence-corrected chi connectivity index (χ1v) is 8.52. The van der Waals surface area contributed by atoms with E-state index in [1.165, 1.54) is 0 Å². The summed E-state index contributed by atoms with van der Waals surface area (Å²) in [5, 5.41) is 3.19. The fourth-order valence-corrected chi connectivity index (χ4v) is 2.78. The fourth-order valence-electron chi connectivity index (χ4n) is 2.78. The second-order valence-electron chi connectivity index (χ2n) is 5.88. The van der Waals surface area contributed by atoms with E-state index in [0.29, 0.717) is 24.5 Å². The Bertz CT molecular complexity index is 697. The van der Waals surface area contributed by atoms with Crippen LogP contribution in [0.15, 0.2) is 42.6 Å². The van der Waals surface area contributed by atoms with Gasteiger partial charge in [0.05, 0.1) is 13.7 Å². The van der Waals surface area contributed by atoms with Crippen molar-refractivity contribution >= 4 is 11.7 Å². The molecule has 25 heavy (non-hydrogen) atoms. The summed E-state index contributed by atoms with van der Waals surface area (Å²) in [5.74, 6) is 2.35. The van der Waals surface area contributed by atoms with Gasteiger partial charge in [-0.15, -0.1) is 0 Å². The van der Waals surface area contributed by atoms with E-state index in [2.05, 4.69) is 10.3 Å². The Kier molecular flexibility index (Phi) is 5.72. The number of aromatic nitrogens is 1. The van der Waals surface area contributed by atoms with Gasteiger partial charge in [-0.2, -0.15) is 0 Å². The molecule has 3 rings (SSSR count). The Balaban J connectivity index is 1.47. The van der Waals surface area contributed by atoms with E-state index in [1.54, 1.807) is 25.4 Å². The van der Waals surface area contributed by atoms with Crippen LogP contribution in [0.2, 0.25) is 0 Å². The van der Waals surface area contributed by atoms with E-state index >= 15 is 0 Å². The van der Waals surface area contributed by atoms with Gasteiger partial charge in [0.2, 0.25) is 0 Å². The van der Waals surface area contributed by atoms with Crippen LogP contribution in [0.25, 0.3) is 0 Å². The van der Waals surface area contributed by atoms with Crippen molar-refractivity contribution in [2.75, 3.05) is 38.7 Å². The van der Waals surface area contributed by atoms with Crippen molar-refractivity contribution in [2.24, 2.45) is 0 Å². The van der Waals surface area contributed by atoms with Gasteiger partial charge in [-0.3, -0.25) is 4.79 Å². The zero-order chi connectivity index (χ0) is 17.5. The fraction of sp³-hybridized carbons (Fsp3) is 0.368. The highest BCUT2D eigenvalue weighted by molar-refractivity contribution is 5.95. The average Bonchev–Trinajstić information content (AvgIpc) is 3.20. The number of pyridine rings is 1. The Morgan fingerprint density at radius 1 is 1.16 bits per heavy atom. The quantitative estimate of drug-likeness (QED) is 0.785. The second-order valence-corrected chi connectivity index (χ2v) is 5.88. The summed E-state index contributed by atoms with van der Waals surface area (Å²) in [6.45, 7) is 2.79. The zero-order valence-electron chi connectivity index (χ0n) is 14.4. The standard InChI is InChI=1S/C19H23N3O3/c1-24-16-4-6-17(7-5-16)25-13-10-21-18-14-15(8-9-20-18)19(23)22-11-2-3-12-22/h4-9,14H,2-3,10-13H2,1H3,(H,20,21). The third-order valence-corrected chi connectivity index (χ3v) is 4.14. The van der Waals surface area contributed by atoms with Gasteiger partial charge in [0.25, 0.3) is 5.91 Å². The number of carbonyl (C=O) groups is 1. The van der Waals surface area contributed by atoms with Gasteiger partial charge in [-0.25, -0.2) is 4.98 Å². The van der Waals surface area contributed by atoms with Crippen molar-refractivity contribution in [3.8, 4) is 11.5 Å². The molecule has 1 fully saturated rings. The minimum Gasteiger partial charge on any atom is -0.497 e. The molecule has 2 aromatic rings. The molecule has 0 radical (unpaired) electrons.